The van der Waals surface area contributed by atoms with Crippen LogP contribution in [-0.2, 0) is 4.79 Å². The monoisotopic (exact) mass is 389 g/mol. The molecule has 0 aromatic heterocycles. The quantitative estimate of drug-likeness (QED) is 0.503. The third kappa shape index (κ3) is 4.47. The Balaban J connectivity index is 2.42. The van der Waals surface area contributed by atoms with Crippen molar-refractivity contribution < 1.29 is 33.7 Å². The Hall–Kier alpha value is -3.39. The lowest BCUT2D eigenvalue weighted by Gasteiger charge is -2.16. The topological polar surface area (TPSA) is 95.5 Å². The Labute approximate surface area is 163 Å². The first-order valence-electron chi connectivity index (χ1n) is 8.22. The molecule has 0 aliphatic heterocycles. The summed E-state index contributed by atoms with van der Waals surface area (Å²) >= 11 is 0. The Kier molecular flexibility index (Phi) is 7.11. The third-order valence-electron chi connectivity index (χ3n) is 4.01. The molecule has 0 aliphatic rings. The van der Waals surface area contributed by atoms with Crippen molar-refractivity contribution in [3.8, 4) is 28.7 Å². The van der Waals surface area contributed by atoms with Crippen LogP contribution in [0.5, 0.6) is 28.7 Å². The maximum Gasteiger partial charge on any atom is 0.281 e. The SMILES string of the molecule is C=C(c1ccc(OC)c(OCC(=O)NO)c1)c1cc(OC)c(OC)c(OC)c1. The zero-order valence-corrected chi connectivity index (χ0v) is 16.2. The molecule has 0 radical (unpaired) electrons. The normalized spacial score (nSPS) is 10.0. The molecule has 0 spiro atoms. The maximum atomic E-state index is 11.2. The predicted octanol–water partition coefficient (Wildman–Crippen LogP) is 2.67. The molecule has 1 amide bonds. The molecule has 2 aromatic carbocycles. The molecule has 0 saturated heterocycles. The summed E-state index contributed by atoms with van der Waals surface area (Å²) in [7, 11) is 6.09. The molecule has 0 fully saturated rings. The summed E-state index contributed by atoms with van der Waals surface area (Å²) in [5.74, 6) is 1.57. The minimum absolute atomic E-state index is 0.331. The van der Waals surface area contributed by atoms with Gasteiger partial charge in [-0.15, -0.1) is 0 Å². The maximum absolute atomic E-state index is 11.2. The lowest BCUT2D eigenvalue weighted by Crippen LogP contribution is -2.25. The van der Waals surface area contributed by atoms with E-state index in [2.05, 4.69) is 6.58 Å². The average Bonchev–Trinajstić information content (AvgIpc) is 2.75. The molecule has 2 N–H and O–H groups in total. The van der Waals surface area contributed by atoms with Crippen molar-refractivity contribution in [3.05, 3.63) is 48.0 Å². The van der Waals surface area contributed by atoms with Gasteiger partial charge in [-0.05, 0) is 41.0 Å². The van der Waals surface area contributed by atoms with Gasteiger partial charge in [-0.3, -0.25) is 10.0 Å². The van der Waals surface area contributed by atoms with Gasteiger partial charge in [0.1, 0.15) is 0 Å². The van der Waals surface area contributed by atoms with Crippen LogP contribution in [0, 0.1) is 0 Å². The van der Waals surface area contributed by atoms with Gasteiger partial charge in [0.2, 0.25) is 5.75 Å². The second kappa shape index (κ2) is 9.52. The highest BCUT2D eigenvalue weighted by molar-refractivity contribution is 5.82. The molecule has 0 atom stereocenters. The van der Waals surface area contributed by atoms with E-state index in [9.17, 15) is 4.79 Å². The van der Waals surface area contributed by atoms with Crippen molar-refractivity contribution in [2.45, 2.75) is 0 Å². The van der Waals surface area contributed by atoms with Crippen LogP contribution >= 0.6 is 0 Å². The molecular weight excluding hydrogens is 366 g/mol. The van der Waals surface area contributed by atoms with Crippen LogP contribution in [0.2, 0.25) is 0 Å². The lowest BCUT2D eigenvalue weighted by molar-refractivity contribution is -0.131. The van der Waals surface area contributed by atoms with Gasteiger partial charge >= 0.3 is 0 Å². The molecule has 0 aliphatic carbocycles. The molecule has 2 rings (SSSR count). The Morgan fingerprint density at radius 2 is 1.46 bits per heavy atom. The Morgan fingerprint density at radius 1 is 0.893 bits per heavy atom. The van der Waals surface area contributed by atoms with Crippen LogP contribution in [0.4, 0.5) is 0 Å². The van der Waals surface area contributed by atoms with E-state index in [0.717, 1.165) is 11.1 Å². The standard InChI is InChI=1S/C20H23NO7/c1-12(14-9-17(25-3)20(27-5)18(10-14)26-4)13-6-7-15(24-2)16(8-13)28-11-19(22)21-23/h6-10,23H,1,11H2,2-5H3,(H,21,22). The van der Waals surface area contributed by atoms with Gasteiger partial charge in [0, 0.05) is 0 Å². The summed E-state index contributed by atoms with van der Waals surface area (Å²) < 4.78 is 26.8. The predicted molar refractivity (Wildman–Crippen MR) is 103 cm³/mol. The van der Waals surface area contributed by atoms with Crippen LogP contribution in [0.3, 0.4) is 0 Å². The fraction of sp³-hybridized carbons (Fsp3) is 0.250. The van der Waals surface area contributed by atoms with Gasteiger partial charge in [-0.1, -0.05) is 12.6 Å². The van der Waals surface area contributed by atoms with Gasteiger partial charge in [-0.2, -0.15) is 0 Å². The first kappa shape index (κ1) is 20.9. The highest BCUT2D eigenvalue weighted by atomic mass is 16.5. The number of carbonyl (C=O) groups is 1. The van der Waals surface area contributed by atoms with E-state index in [1.54, 1.807) is 24.3 Å². The molecule has 150 valence electrons. The fourth-order valence-electron chi connectivity index (χ4n) is 2.57. The Morgan fingerprint density at radius 3 is 1.96 bits per heavy atom. The van der Waals surface area contributed by atoms with Crippen LogP contribution in [0.25, 0.3) is 5.57 Å². The van der Waals surface area contributed by atoms with Crippen molar-refractivity contribution in [3.63, 3.8) is 0 Å². The number of methoxy groups -OCH3 is 4. The number of hydrogen-bond donors (Lipinski definition) is 2. The van der Waals surface area contributed by atoms with Gasteiger partial charge in [0.25, 0.3) is 5.91 Å². The number of rotatable bonds is 9. The summed E-state index contributed by atoms with van der Waals surface area (Å²) in [6.45, 7) is 3.77. The Bertz CT molecular complexity index is 839. The van der Waals surface area contributed by atoms with Crippen molar-refractivity contribution in [1.82, 2.24) is 5.48 Å². The first-order chi connectivity index (χ1) is 13.5. The molecule has 0 unspecified atom stereocenters. The van der Waals surface area contributed by atoms with E-state index in [1.807, 2.05) is 6.07 Å². The van der Waals surface area contributed by atoms with Crippen LogP contribution in [0.1, 0.15) is 11.1 Å². The molecule has 0 heterocycles. The number of nitrogens with one attached hydrogen (secondary N) is 1. The number of hydrogen-bond acceptors (Lipinski definition) is 7. The largest absolute Gasteiger partial charge is 0.493 e. The van der Waals surface area contributed by atoms with Crippen LogP contribution in [-0.4, -0.2) is 46.2 Å². The summed E-state index contributed by atoms with van der Waals surface area (Å²) in [6, 6.07) is 8.77. The molecule has 8 heteroatoms. The minimum Gasteiger partial charge on any atom is -0.493 e. The highest BCUT2D eigenvalue weighted by Crippen LogP contribution is 2.41. The van der Waals surface area contributed by atoms with E-state index in [0.29, 0.717) is 34.3 Å². The highest BCUT2D eigenvalue weighted by Gasteiger charge is 2.16. The van der Waals surface area contributed by atoms with Crippen LogP contribution in [0.15, 0.2) is 36.9 Å². The third-order valence-corrected chi connectivity index (χ3v) is 4.01. The van der Waals surface area contributed by atoms with E-state index in [1.165, 1.54) is 33.9 Å². The van der Waals surface area contributed by atoms with Gasteiger partial charge in [0.05, 0.1) is 28.4 Å². The summed E-state index contributed by atoms with van der Waals surface area (Å²) in [5, 5.41) is 8.61. The van der Waals surface area contributed by atoms with Crippen molar-refractivity contribution >= 4 is 11.5 Å². The number of carbonyl (C=O) groups excluding carboxylic acids is 1. The summed E-state index contributed by atoms with van der Waals surface area (Å²) in [4.78, 5) is 11.2. The average molecular weight is 389 g/mol. The molecule has 8 nitrogen and oxygen atoms in total. The summed E-state index contributed by atoms with van der Waals surface area (Å²) in [5.41, 5.74) is 3.66. The van der Waals surface area contributed by atoms with Gasteiger partial charge in [-0.25, -0.2) is 5.48 Å². The molecule has 0 saturated carbocycles. The van der Waals surface area contributed by atoms with E-state index < -0.39 is 5.91 Å². The lowest BCUT2D eigenvalue weighted by atomic mass is 9.98. The first-order valence-corrected chi connectivity index (χ1v) is 8.22. The number of ether oxygens (including phenoxy) is 5. The molecule has 0 bridgehead atoms. The summed E-state index contributed by atoms with van der Waals surface area (Å²) in [6.07, 6.45) is 0. The number of benzene rings is 2. The van der Waals surface area contributed by atoms with Crippen molar-refractivity contribution in [2.75, 3.05) is 35.0 Å². The van der Waals surface area contributed by atoms with E-state index in [4.69, 9.17) is 28.9 Å². The molecule has 2 aromatic rings. The molecule has 28 heavy (non-hydrogen) atoms. The number of amides is 1. The second-order valence-corrected chi connectivity index (χ2v) is 5.58. The minimum atomic E-state index is -0.684. The fourth-order valence-corrected chi connectivity index (χ4v) is 2.57. The van der Waals surface area contributed by atoms with Gasteiger partial charge < -0.3 is 23.7 Å². The van der Waals surface area contributed by atoms with Crippen molar-refractivity contribution in [1.29, 1.82) is 0 Å². The number of hydroxylamine groups is 1. The zero-order chi connectivity index (χ0) is 20.7. The smallest absolute Gasteiger partial charge is 0.281 e. The van der Waals surface area contributed by atoms with E-state index in [-0.39, 0.29) is 6.61 Å². The molecular formula is C20H23NO7. The van der Waals surface area contributed by atoms with Gasteiger partial charge in [0.15, 0.2) is 29.6 Å². The second-order valence-electron chi connectivity index (χ2n) is 5.58. The zero-order valence-electron chi connectivity index (χ0n) is 16.2. The van der Waals surface area contributed by atoms with Crippen molar-refractivity contribution in [2.24, 2.45) is 0 Å². The van der Waals surface area contributed by atoms with Crippen LogP contribution < -0.4 is 29.2 Å². The van der Waals surface area contributed by atoms with E-state index >= 15 is 0 Å².